The number of rotatable bonds is 0. The van der Waals surface area contributed by atoms with Crippen molar-refractivity contribution in [3.05, 3.63) is 41.7 Å². The van der Waals surface area contributed by atoms with Gasteiger partial charge in [-0.25, -0.2) is 0 Å². The van der Waals surface area contributed by atoms with E-state index in [0.717, 1.165) is 0 Å². The fourth-order valence-electron chi connectivity index (χ4n) is 2.34. The van der Waals surface area contributed by atoms with Crippen LogP contribution in [0.3, 0.4) is 0 Å². The lowest BCUT2D eigenvalue weighted by Crippen LogP contribution is -2.02. The predicted molar refractivity (Wildman–Crippen MR) is 61.3 cm³/mol. The molecule has 2 aromatic heterocycles. The van der Waals surface area contributed by atoms with Crippen LogP contribution in [0.2, 0.25) is 0 Å². The van der Waals surface area contributed by atoms with Crippen molar-refractivity contribution < 1.29 is 0 Å². The maximum Gasteiger partial charge on any atom is 0.0455 e. The molecule has 74 valence electrons. The Morgan fingerprint density at radius 1 is 1.07 bits per heavy atom. The Morgan fingerprint density at radius 2 is 1.93 bits per heavy atom. The standard InChI is InChI=1S/C12H13N.ClH/c1-2-7-12-10(5-1)9-11-6-3-4-8-13(11)12;/h3-4,6,8-9H,1-2,5,7H2;1H. The summed E-state index contributed by atoms with van der Waals surface area (Å²) in [4.78, 5) is 0. The second-order valence-corrected chi connectivity index (χ2v) is 3.82. The molecule has 2 heterocycles. The smallest absolute Gasteiger partial charge is 0.0455 e. The molecule has 0 saturated carbocycles. The summed E-state index contributed by atoms with van der Waals surface area (Å²) in [5, 5.41) is 0. The molecule has 1 aliphatic carbocycles. The Labute approximate surface area is 90.2 Å². The number of pyridine rings is 1. The van der Waals surface area contributed by atoms with Gasteiger partial charge >= 0.3 is 0 Å². The van der Waals surface area contributed by atoms with Crippen molar-refractivity contribution in [3.63, 3.8) is 0 Å². The highest BCUT2D eigenvalue weighted by molar-refractivity contribution is 5.85. The first-order valence-corrected chi connectivity index (χ1v) is 5.03. The van der Waals surface area contributed by atoms with E-state index in [1.807, 2.05) is 0 Å². The number of hydrogen-bond acceptors (Lipinski definition) is 0. The van der Waals surface area contributed by atoms with Gasteiger partial charge in [0, 0.05) is 17.4 Å². The second kappa shape index (κ2) is 3.66. The third-order valence-electron chi connectivity index (χ3n) is 2.98. The quantitative estimate of drug-likeness (QED) is 0.625. The Morgan fingerprint density at radius 3 is 2.86 bits per heavy atom. The van der Waals surface area contributed by atoms with Gasteiger partial charge in [0.1, 0.15) is 0 Å². The molecular weight excluding hydrogens is 194 g/mol. The molecule has 0 aromatic carbocycles. The Bertz CT molecular complexity index is 445. The van der Waals surface area contributed by atoms with E-state index in [1.54, 1.807) is 11.3 Å². The molecule has 0 saturated heterocycles. The molecule has 14 heavy (non-hydrogen) atoms. The lowest BCUT2D eigenvalue weighted by molar-refractivity contribution is 0.669. The fourth-order valence-corrected chi connectivity index (χ4v) is 2.34. The van der Waals surface area contributed by atoms with E-state index in [2.05, 4.69) is 34.9 Å². The van der Waals surface area contributed by atoms with E-state index in [4.69, 9.17) is 0 Å². The first kappa shape index (κ1) is 9.60. The SMILES string of the molecule is Cl.c1ccn2c3c(cc2c1)CCCC3. The zero-order chi connectivity index (χ0) is 8.67. The molecule has 1 nitrogen and oxygen atoms in total. The number of aryl methyl sites for hydroxylation is 2. The highest BCUT2D eigenvalue weighted by atomic mass is 35.5. The minimum absolute atomic E-state index is 0. The zero-order valence-corrected chi connectivity index (χ0v) is 8.89. The lowest BCUT2D eigenvalue weighted by Gasteiger charge is -2.11. The first-order chi connectivity index (χ1) is 6.45. The number of nitrogens with zero attached hydrogens (tertiary/aromatic N) is 1. The van der Waals surface area contributed by atoms with Crippen molar-refractivity contribution >= 4 is 17.9 Å². The van der Waals surface area contributed by atoms with Crippen LogP contribution < -0.4 is 0 Å². The number of aromatic nitrogens is 1. The normalized spacial score (nSPS) is 14.9. The van der Waals surface area contributed by atoms with Crippen LogP contribution in [0.1, 0.15) is 24.1 Å². The molecular formula is C12H14ClN. The van der Waals surface area contributed by atoms with Crippen molar-refractivity contribution in [1.82, 2.24) is 4.40 Å². The molecule has 1 aliphatic rings. The molecule has 0 spiro atoms. The maximum absolute atomic E-state index is 2.34. The van der Waals surface area contributed by atoms with E-state index in [1.165, 1.54) is 31.2 Å². The van der Waals surface area contributed by atoms with Crippen molar-refractivity contribution in [2.75, 3.05) is 0 Å². The molecule has 2 heteroatoms. The summed E-state index contributed by atoms with van der Waals surface area (Å²) in [6, 6.07) is 8.76. The van der Waals surface area contributed by atoms with Crippen molar-refractivity contribution in [2.45, 2.75) is 25.7 Å². The van der Waals surface area contributed by atoms with E-state index in [0.29, 0.717) is 0 Å². The van der Waals surface area contributed by atoms with Gasteiger partial charge in [-0.3, -0.25) is 0 Å². The van der Waals surface area contributed by atoms with Crippen LogP contribution in [0, 0.1) is 0 Å². The molecule has 0 atom stereocenters. The van der Waals surface area contributed by atoms with Crippen LogP contribution in [0.15, 0.2) is 30.5 Å². The van der Waals surface area contributed by atoms with Crippen LogP contribution in [-0.4, -0.2) is 4.40 Å². The molecule has 3 rings (SSSR count). The van der Waals surface area contributed by atoms with E-state index < -0.39 is 0 Å². The van der Waals surface area contributed by atoms with Gasteiger partial charge in [-0.05, 0) is 49.4 Å². The van der Waals surface area contributed by atoms with Crippen molar-refractivity contribution in [1.29, 1.82) is 0 Å². The molecule has 0 aliphatic heterocycles. The van der Waals surface area contributed by atoms with Gasteiger partial charge in [0.25, 0.3) is 0 Å². The van der Waals surface area contributed by atoms with Crippen LogP contribution in [0.5, 0.6) is 0 Å². The van der Waals surface area contributed by atoms with Crippen molar-refractivity contribution in [3.8, 4) is 0 Å². The monoisotopic (exact) mass is 207 g/mol. The fraction of sp³-hybridized carbons (Fsp3) is 0.333. The molecule has 0 fully saturated rings. The maximum atomic E-state index is 2.34. The van der Waals surface area contributed by atoms with E-state index in [-0.39, 0.29) is 12.4 Å². The third kappa shape index (κ3) is 1.32. The predicted octanol–water partition coefficient (Wildman–Crippen LogP) is 3.24. The molecule has 0 unspecified atom stereocenters. The summed E-state index contributed by atoms with van der Waals surface area (Å²) < 4.78 is 2.34. The summed E-state index contributed by atoms with van der Waals surface area (Å²) >= 11 is 0. The van der Waals surface area contributed by atoms with Gasteiger partial charge in [0.05, 0.1) is 0 Å². The second-order valence-electron chi connectivity index (χ2n) is 3.82. The lowest BCUT2D eigenvalue weighted by atomic mass is 9.98. The van der Waals surface area contributed by atoms with Gasteiger partial charge < -0.3 is 4.40 Å². The minimum Gasteiger partial charge on any atom is -0.321 e. The average molecular weight is 208 g/mol. The Hall–Kier alpha value is -0.950. The molecule has 2 aromatic rings. The Kier molecular flexibility index (Phi) is 2.51. The highest BCUT2D eigenvalue weighted by Crippen LogP contribution is 2.24. The van der Waals surface area contributed by atoms with Gasteiger partial charge in [-0.2, -0.15) is 0 Å². The van der Waals surface area contributed by atoms with Gasteiger partial charge in [0.2, 0.25) is 0 Å². The topological polar surface area (TPSA) is 4.41 Å². The zero-order valence-electron chi connectivity index (χ0n) is 8.07. The minimum atomic E-state index is 0. The summed E-state index contributed by atoms with van der Waals surface area (Å²) in [5.41, 5.74) is 4.47. The van der Waals surface area contributed by atoms with Crippen LogP contribution >= 0.6 is 12.4 Å². The third-order valence-corrected chi connectivity index (χ3v) is 2.98. The van der Waals surface area contributed by atoms with Gasteiger partial charge in [0.15, 0.2) is 0 Å². The van der Waals surface area contributed by atoms with Crippen LogP contribution in [0.4, 0.5) is 0 Å². The summed E-state index contributed by atoms with van der Waals surface area (Å²) in [6.45, 7) is 0. The van der Waals surface area contributed by atoms with Crippen molar-refractivity contribution in [2.24, 2.45) is 0 Å². The van der Waals surface area contributed by atoms with Gasteiger partial charge in [-0.15, -0.1) is 12.4 Å². The number of hydrogen-bond donors (Lipinski definition) is 0. The summed E-state index contributed by atoms with van der Waals surface area (Å²) in [5.74, 6) is 0. The number of halogens is 1. The summed E-state index contributed by atoms with van der Waals surface area (Å²) in [7, 11) is 0. The van der Waals surface area contributed by atoms with Gasteiger partial charge in [-0.1, -0.05) is 6.07 Å². The largest absolute Gasteiger partial charge is 0.321 e. The highest BCUT2D eigenvalue weighted by Gasteiger charge is 2.12. The average Bonchev–Trinajstić information content (AvgIpc) is 2.56. The Balaban J connectivity index is 0.000000750. The molecule has 0 radical (unpaired) electrons. The molecule has 0 amide bonds. The molecule has 0 bridgehead atoms. The summed E-state index contributed by atoms with van der Waals surface area (Å²) in [6.07, 6.45) is 7.43. The van der Waals surface area contributed by atoms with E-state index in [9.17, 15) is 0 Å². The van der Waals surface area contributed by atoms with Crippen LogP contribution in [-0.2, 0) is 12.8 Å². The first-order valence-electron chi connectivity index (χ1n) is 5.03. The molecule has 0 N–H and O–H groups in total. The number of fused-ring (bicyclic) bond motifs is 3. The van der Waals surface area contributed by atoms with Crippen LogP contribution in [0.25, 0.3) is 5.52 Å². The van der Waals surface area contributed by atoms with E-state index >= 15 is 0 Å².